The molecule has 0 radical (unpaired) electrons. The molecule has 0 fully saturated rings. The monoisotopic (exact) mass is 220 g/mol. The van der Waals surface area contributed by atoms with Crippen LogP contribution in [0.1, 0.15) is 23.1 Å². The molecule has 16 heavy (non-hydrogen) atoms. The van der Waals surface area contributed by atoms with E-state index in [1.807, 2.05) is 19.1 Å². The second kappa shape index (κ2) is 5.12. The third-order valence-electron chi connectivity index (χ3n) is 3.12. The van der Waals surface area contributed by atoms with Crippen molar-refractivity contribution in [3.05, 3.63) is 28.8 Å². The zero-order valence-electron chi connectivity index (χ0n) is 10.5. The van der Waals surface area contributed by atoms with Crippen LogP contribution in [-0.2, 0) is 4.79 Å². The van der Waals surface area contributed by atoms with Crippen LogP contribution in [0.15, 0.2) is 12.1 Å². The first kappa shape index (κ1) is 12.7. The molecule has 0 bridgehead atoms. The summed E-state index contributed by atoms with van der Waals surface area (Å²) in [5.74, 6) is 0.0638. The normalized spacial score (nSPS) is 10.3. The minimum atomic E-state index is 0.0638. The Balaban J connectivity index is 3.05. The van der Waals surface area contributed by atoms with Crippen LogP contribution in [-0.4, -0.2) is 19.5 Å². The molecule has 0 saturated heterocycles. The van der Waals surface area contributed by atoms with Crippen molar-refractivity contribution in [3.8, 4) is 0 Å². The van der Waals surface area contributed by atoms with E-state index in [1.165, 1.54) is 11.1 Å². The Morgan fingerprint density at radius 3 is 2.44 bits per heavy atom. The number of hydrogen-bond donors (Lipinski definition) is 1. The standard InChI is InChI=1S/C13H20N2O/c1-9-5-6-12(11(3)10(9)2)15(4)13(16)7-8-14/h5-6H,7-8,14H2,1-4H3. The zero-order valence-corrected chi connectivity index (χ0v) is 10.5. The van der Waals surface area contributed by atoms with Crippen LogP contribution in [0.25, 0.3) is 0 Å². The van der Waals surface area contributed by atoms with Crippen molar-refractivity contribution in [1.29, 1.82) is 0 Å². The number of amides is 1. The number of hydrogen-bond acceptors (Lipinski definition) is 2. The number of rotatable bonds is 3. The Morgan fingerprint density at radius 2 is 1.88 bits per heavy atom. The maximum Gasteiger partial charge on any atom is 0.227 e. The molecule has 0 atom stereocenters. The fraction of sp³-hybridized carbons (Fsp3) is 0.462. The summed E-state index contributed by atoms with van der Waals surface area (Å²) in [7, 11) is 1.80. The highest BCUT2D eigenvalue weighted by molar-refractivity contribution is 5.93. The van der Waals surface area contributed by atoms with Gasteiger partial charge >= 0.3 is 0 Å². The van der Waals surface area contributed by atoms with Crippen LogP contribution in [0.5, 0.6) is 0 Å². The van der Waals surface area contributed by atoms with Crippen LogP contribution in [0, 0.1) is 20.8 Å². The fourth-order valence-electron chi connectivity index (χ4n) is 1.73. The molecule has 0 aliphatic rings. The molecule has 3 nitrogen and oxygen atoms in total. The van der Waals surface area contributed by atoms with Gasteiger partial charge in [-0.15, -0.1) is 0 Å². The van der Waals surface area contributed by atoms with Crippen LogP contribution in [0.3, 0.4) is 0 Å². The van der Waals surface area contributed by atoms with Gasteiger partial charge in [-0.3, -0.25) is 4.79 Å². The average molecular weight is 220 g/mol. The van der Waals surface area contributed by atoms with Crippen molar-refractivity contribution in [2.45, 2.75) is 27.2 Å². The highest BCUT2D eigenvalue weighted by Gasteiger charge is 2.13. The smallest absolute Gasteiger partial charge is 0.227 e. The average Bonchev–Trinajstić information content (AvgIpc) is 2.26. The van der Waals surface area contributed by atoms with Gasteiger partial charge in [0.2, 0.25) is 5.91 Å². The molecule has 0 spiro atoms. The van der Waals surface area contributed by atoms with Gasteiger partial charge in [-0.1, -0.05) is 6.07 Å². The van der Waals surface area contributed by atoms with Crippen LogP contribution < -0.4 is 10.6 Å². The maximum absolute atomic E-state index is 11.7. The Bertz CT molecular complexity index is 399. The molecule has 0 unspecified atom stereocenters. The molecule has 1 amide bonds. The van der Waals surface area contributed by atoms with E-state index in [0.717, 1.165) is 11.3 Å². The van der Waals surface area contributed by atoms with E-state index >= 15 is 0 Å². The maximum atomic E-state index is 11.7. The topological polar surface area (TPSA) is 46.3 Å². The summed E-state index contributed by atoms with van der Waals surface area (Å²) in [5.41, 5.74) is 10.0. The number of benzene rings is 1. The van der Waals surface area contributed by atoms with E-state index in [1.54, 1.807) is 11.9 Å². The predicted molar refractivity (Wildman–Crippen MR) is 67.7 cm³/mol. The van der Waals surface area contributed by atoms with E-state index in [9.17, 15) is 4.79 Å². The number of nitrogens with two attached hydrogens (primary N) is 1. The highest BCUT2D eigenvalue weighted by atomic mass is 16.2. The van der Waals surface area contributed by atoms with Crippen molar-refractivity contribution in [3.63, 3.8) is 0 Å². The Kier molecular flexibility index (Phi) is 4.07. The van der Waals surface area contributed by atoms with Gasteiger partial charge < -0.3 is 10.6 Å². The summed E-state index contributed by atoms with van der Waals surface area (Å²) in [6.45, 7) is 6.60. The van der Waals surface area contributed by atoms with Gasteiger partial charge in [-0.25, -0.2) is 0 Å². The SMILES string of the molecule is Cc1ccc(N(C)C(=O)CCN)c(C)c1C. The molecule has 0 aliphatic heterocycles. The van der Waals surface area contributed by atoms with Crippen molar-refractivity contribution < 1.29 is 4.79 Å². The predicted octanol–water partition coefficient (Wildman–Crippen LogP) is 1.92. The molecule has 88 valence electrons. The third kappa shape index (κ3) is 2.42. The minimum absolute atomic E-state index is 0.0638. The molecule has 0 aromatic heterocycles. The molecular weight excluding hydrogens is 200 g/mol. The number of carbonyl (C=O) groups excluding carboxylic acids is 1. The van der Waals surface area contributed by atoms with Crippen LogP contribution >= 0.6 is 0 Å². The molecule has 1 rings (SSSR count). The summed E-state index contributed by atoms with van der Waals surface area (Å²) in [5, 5.41) is 0. The molecule has 0 heterocycles. The summed E-state index contributed by atoms with van der Waals surface area (Å²) in [6.07, 6.45) is 0.392. The van der Waals surface area contributed by atoms with E-state index in [0.29, 0.717) is 13.0 Å². The van der Waals surface area contributed by atoms with Gasteiger partial charge in [-0.2, -0.15) is 0 Å². The Morgan fingerprint density at radius 1 is 1.25 bits per heavy atom. The van der Waals surface area contributed by atoms with E-state index in [-0.39, 0.29) is 5.91 Å². The molecule has 1 aromatic carbocycles. The fourth-order valence-corrected chi connectivity index (χ4v) is 1.73. The lowest BCUT2D eigenvalue weighted by atomic mass is 10.0. The second-order valence-corrected chi connectivity index (χ2v) is 4.14. The van der Waals surface area contributed by atoms with Gasteiger partial charge in [0.25, 0.3) is 0 Å². The molecule has 0 aliphatic carbocycles. The summed E-state index contributed by atoms with van der Waals surface area (Å²) in [6, 6.07) is 4.04. The molecule has 1 aromatic rings. The lowest BCUT2D eigenvalue weighted by molar-refractivity contribution is -0.118. The quantitative estimate of drug-likeness (QED) is 0.846. The number of aryl methyl sites for hydroxylation is 1. The largest absolute Gasteiger partial charge is 0.330 e. The minimum Gasteiger partial charge on any atom is -0.330 e. The lowest BCUT2D eigenvalue weighted by Gasteiger charge is -2.21. The summed E-state index contributed by atoms with van der Waals surface area (Å²) in [4.78, 5) is 13.4. The summed E-state index contributed by atoms with van der Waals surface area (Å²) < 4.78 is 0. The second-order valence-electron chi connectivity index (χ2n) is 4.14. The van der Waals surface area contributed by atoms with E-state index in [4.69, 9.17) is 5.73 Å². The molecule has 2 N–H and O–H groups in total. The first-order valence-electron chi connectivity index (χ1n) is 5.52. The van der Waals surface area contributed by atoms with Crippen molar-refractivity contribution in [2.24, 2.45) is 5.73 Å². The number of anilines is 1. The van der Waals surface area contributed by atoms with Gasteiger partial charge in [-0.05, 0) is 43.5 Å². The van der Waals surface area contributed by atoms with Crippen molar-refractivity contribution in [1.82, 2.24) is 0 Å². The third-order valence-corrected chi connectivity index (χ3v) is 3.12. The van der Waals surface area contributed by atoms with E-state index < -0.39 is 0 Å². The van der Waals surface area contributed by atoms with Gasteiger partial charge in [0.15, 0.2) is 0 Å². The van der Waals surface area contributed by atoms with Gasteiger partial charge in [0.05, 0.1) is 0 Å². The van der Waals surface area contributed by atoms with Crippen molar-refractivity contribution in [2.75, 3.05) is 18.5 Å². The Labute approximate surface area is 97.2 Å². The van der Waals surface area contributed by atoms with Gasteiger partial charge in [0, 0.05) is 25.7 Å². The number of carbonyl (C=O) groups is 1. The first-order chi connectivity index (χ1) is 7.49. The number of nitrogens with zero attached hydrogens (tertiary/aromatic N) is 1. The van der Waals surface area contributed by atoms with Crippen LogP contribution in [0.2, 0.25) is 0 Å². The van der Waals surface area contributed by atoms with Crippen LogP contribution in [0.4, 0.5) is 5.69 Å². The Hall–Kier alpha value is -1.35. The van der Waals surface area contributed by atoms with Gasteiger partial charge in [0.1, 0.15) is 0 Å². The highest BCUT2D eigenvalue weighted by Crippen LogP contribution is 2.24. The zero-order chi connectivity index (χ0) is 12.3. The molecular formula is C13H20N2O. The van der Waals surface area contributed by atoms with E-state index in [2.05, 4.69) is 13.8 Å². The lowest BCUT2D eigenvalue weighted by Crippen LogP contribution is -2.28. The molecule has 3 heteroatoms. The summed E-state index contributed by atoms with van der Waals surface area (Å²) >= 11 is 0. The first-order valence-corrected chi connectivity index (χ1v) is 5.52. The van der Waals surface area contributed by atoms with Crippen molar-refractivity contribution >= 4 is 11.6 Å². The molecule has 0 saturated carbocycles.